The number of aromatic nitrogens is 3. The summed E-state index contributed by atoms with van der Waals surface area (Å²) in [4.78, 5) is 23.9. The Kier molecular flexibility index (Phi) is 4.79. The van der Waals surface area contributed by atoms with E-state index in [9.17, 15) is 4.79 Å². The molecule has 3 aromatic rings. The lowest BCUT2D eigenvalue weighted by Gasteiger charge is -2.18. The van der Waals surface area contributed by atoms with Gasteiger partial charge in [-0.15, -0.1) is 0 Å². The van der Waals surface area contributed by atoms with Crippen molar-refractivity contribution in [3.05, 3.63) is 54.0 Å². The molecule has 0 bridgehead atoms. The van der Waals surface area contributed by atoms with Gasteiger partial charge in [0.15, 0.2) is 5.65 Å². The molecule has 1 saturated heterocycles. The number of urea groups is 1. The normalized spacial score (nSPS) is 16.8. The molecule has 0 unspecified atom stereocenters. The van der Waals surface area contributed by atoms with E-state index in [1.165, 1.54) is 5.56 Å². The molecule has 140 valence electrons. The average Bonchev–Trinajstić information content (AvgIpc) is 3.29. The Morgan fingerprint density at radius 1 is 1.26 bits per heavy atom. The molecule has 1 fully saturated rings. The lowest BCUT2D eigenvalue weighted by molar-refractivity contribution is 0.222. The SMILES string of the molecule is CCCn1c([C@H]2CCN(C(=O)Nc3ccc(C)cc3)C2)nc2cccnc21. The Morgan fingerprint density at radius 3 is 2.85 bits per heavy atom. The van der Waals surface area contributed by atoms with E-state index in [-0.39, 0.29) is 11.9 Å². The van der Waals surface area contributed by atoms with Crippen molar-refractivity contribution in [3.8, 4) is 0 Å². The first-order valence-electron chi connectivity index (χ1n) is 9.59. The van der Waals surface area contributed by atoms with Crippen LogP contribution >= 0.6 is 0 Å². The maximum absolute atomic E-state index is 12.6. The zero-order valence-electron chi connectivity index (χ0n) is 15.9. The van der Waals surface area contributed by atoms with Crippen molar-refractivity contribution < 1.29 is 4.79 Å². The third kappa shape index (κ3) is 3.52. The summed E-state index contributed by atoms with van der Waals surface area (Å²) in [5.74, 6) is 1.30. The summed E-state index contributed by atoms with van der Waals surface area (Å²) in [6, 6.07) is 11.8. The second-order valence-corrected chi connectivity index (χ2v) is 7.20. The predicted molar refractivity (Wildman–Crippen MR) is 107 cm³/mol. The summed E-state index contributed by atoms with van der Waals surface area (Å²) in [6.45, 7) is 6.52. The second-order valence-electron chi connectivity index (χ2n) is 7.20. The van der Waals surface area contributed by atoms with Gasteiger partial charge in [-0.05, 0) is 44.0 Å². The number of amides is 2. The van der Waals surface area contributed by atoms with Crippen LogP contribution in [0, 0.1) is 6.92 Å². The Labute approximate surface area is 159 Å². The average molecular weight is 363 g/mol. The van der Waals surface area contributed by atoms with Gasteiger partial charge in [-0.25, -0.2) is 14.8 Å². The van der Waals surface area contributed by atoms with Crippen LogP contribution in [-0.2, 0) is 6.54 Å². The number of hydrogen-bond donors (Lipinski definition) is 1. The largest absolute Gasteiger partial charge is 0.324 e. The third-order valence-electron chi connectivity index (χ3n) is 5.12. The maximum atomic E-state index is 12.6. The number of carbonyl (C=O) groups is 1. The van der Waals surface area contributed by atoms with Gasteiger partial charge in [0, 0.05) is 37.4 Å². The predicted octanol–water partition coefficient (Wildman–Crippen LogP) is 4.17. The van der Waals surface area contributed by atoms with E-state index in [2.05, 4.69) is 21.8 Å². The van der Waals surface area contributed by atoms with Gasteiger partial charge in [0.1, 0.15) is 11.3 Å². The zero-order chi connectivity index (χ0) is 18.8. The molecule has 0 aliphatic carbocycles. The highest BCUT2D eigenvalue weighted by Gasteiger charge is 2.31. The van der Waals surface area contributed by atoms with E-state index in [0.29, 0.717) is 6.54 Å². The number of pyridine rings is 1. The molecule has 6 nitrogen and oxygen atoms in total. The van der Waals surface area contributed by atoms with Crippen LogP contribution in [0.25, 0.3) is 11.2 Å². The van der Waals surface area contributed by atoms with Crippen molar-refractivity contribution in [1.29, 1.82) is 0 Å². The highest BCUT2D eigenvalue weighted by Crippen LogP contribution is 2.29. The molecule has 2 aromatic heterocycles. The number of rotatable bonds is 4. The Hall–Kier alpha value is -2.89. The summed E-state index contributed by atoms with van der Waals surface area (Å²) >= 11 is 0. The molecule has 0 radical (unpaired) electrons. The number of nitrogens with one attached hydrogen (secondary N) is 1. The van der Waals surface area contributed by atoms with Gasteiger partial charge in [0.05, 0.1) is 0 Å². The van der Waals surface area contributed by atoms with Gasteiger partial charge in [-0.2, -0.15) is 0 Å². The second kappa shape index (κ2) is 7.39. The molecule has 1 atom stereocenters. The summed E-state index contributed by atoms with van der Waals surface area (Å²) < 4.78 is 2.22. The molecule has 1 aromatic carbocycles. The number of hydrogen-bond acceptors (Lipinski definition) is 3. The van der Waals surface area contributed by atoms with Crippen molar-refractivity contribution in [2.75, 3.05) is 18.4 Å². The number of nitrogens with zero attached hydrogens (tertiary/aromatic N) is 4. The number of imidazole rings is 1. The summed E-state index contributed by atoms with van der Waals surface area (Å²) in [7, 11) is 0. The van der Waals surface area contributed by atoms with Crippen LogP contribution in [0.15, 0.2) is 42.6 Å². The lowest BCUT2D eigenvalue weighted by atomic mass is 10.1. The number of benzene rings is 1. The van der Waals surface area contributed by atoms with Gasteiger partial charge in [0.2, 0.25) is 0 Å². The molecule has 1 aliphatic heterocycles. The highest BCUT2D eigenvalue weighted by atomic mass is 16.2. The minimum atomic E-state index is -0.0439. The van der Waals surface area contributed by atoms with E-state index in [1.807, 2.05) is 54.4 Å². The topological polar surface area (TPSA) is 63.1 Å². The quantitative estimate of drug-likeness (QED) is 0.757. The fraction of sp³-hybridized carbons (Fsp3) is 0.381. The molecule has 0 spiro atoms. The van der Waals surface area contributed by atoms with Crippen LogP contribution in [0.3, 0.4) is 0 Å². The van der Waals surface area contributed by atoms with Gasteiger partial charge in [-0.1, -0.05) is 24.6 Å². The van der Waals surface area contributed by atoms with Crippen LogP contribution in [0.2, 0.25) is 0 Å². The Morgan fingerprint density at radius 2 is 2.07 bits per heavy atom. The number of aryl methyl sites for hydroxylation is 2. The first-order chi connectivity index (χ1) is 13.2. The first-order valence-corrected chi connectivity index (χ1v) is 9.59. The van der Waals surface area contributed by atoms with E-state index in [4.69, 9.17) is 4.98 Å². The van der Waals surface area contributed by atoms with E-state index in [0.717, 1.165) is 48.6 Å². The Bertz CT molecular complexity index is 947. The molecule has 0 saturated carbocycles. The third-order valence-corrected chi connectivity index (χ3v) is 5.12. The lowest BCUT2D eigenvalue weighted by Crippen LogP contribution is -2.33. The Balaban J connectivity index is 1.51. The monoisotopic (exact) mass is 363 g/mol. The van der Waals surface area contributed by atoms with Crippen LogP contribution in [-0.4, -0.2) is 38.6 Å². The molecule has 27 heavy (non-hydrogen) atoms. The molecule has 2 amide bonds. The van der Waals surface area contributed by atoms with Crippen LogP contribution in [0.4, 0.5) is 10.5 Å². The zero-order valence-corrected chi connectivity index (χ0v) is 15.9. The number of carbonyl (C=O) groups excluding carboxylic acids is 1. The molecule has 3 heterocycles. The standard InChI is InChI=1S/C21H25N5O/c1-3-12-26-19(24-18-5-4-11-22-20(18)26)16-10-13-25(14-16)21(27)23-17-8-6-15(2)7-9-17/h4-9,11,16H,3,10,12-14H2,1-2H3,(H,23,27)/t16-/m0/s1. The minimum Gasteiger partial charge on any atom is -0.324 e. The highest BCUT2D eigenvalue weighted by molar-refractivity contribution is 5.89. The van der Waals surface area contributed by atoms with Crippen molar-refractivity contribution >= 4 is 22.9 Å². The molecular weight excluding hydrogens is 338 g/mol. The molecule has 4 rings (SSSR count). The number of likely N-dealkylation sites (tertiary alicyclic amines) is 1. The van der Waals surface area contributed by atoms with Gasteiger partial charge >= 0.3 is 6.03 Å². The fourth-order valence-corrected chi connectivity index (χ4v) is 3.73. The molecule has 1 N–H and O–H groups in total. The minimum absolute atomic E-state index is 0.0439. The summed E-state index contributed by atoms with van der Waals surface area (Å²) in [5, 5.41) is 3.00. The summed E-state index contributed by atoms with van der Waals surface area (Å²) in [6.07, 6.45) is 3.77. The molecular formula is C21H25N5O. The van der Waals surface area contributed by atoms with E-state index < -0.39 is 0 Å². The molecule has 6 heteroatoms. The van der Waals surface area contributed by atoms with Crippen LogP contribution < -0.4 is 5.32 Å². The van der Waals surface area contributed by atoms with Crippen molar-refractivity contribution in [1.82, 2.24) is 19.4 Å². The van der Waals surface area contributed by atoms with Crippen molar-refractivity contribution in [2.24, 2.45) is 0 Å². The van der Waals surface area contributed by atoms with Crippen molar-refractivity contribution in [3.63, 3.8) is 0 Å². The smallest absolute Gasteiger partial charge is 0.321 e. The van der Waals surface area contributed by atoms with Gasteiger partial charge in [-0.3, -0.25) is 0 Å². The first kappa shape index (κ1) is 17.5. The van der Waals surface area contributed by atoms with Crippen LogP contribution in [0.5, 0.6) is 0 Å². The van der Waals surface area contributed by atoms with Crippen molar-refractivity contribution in [2.45, 2.75) is 39.2 Å². The maximum Gasteiger partial charge on any atom is 0.321 e. The summed E-state index contributed by atoms with van der Waals surface area (Å²) in [5.41, 5.74) is 3.88. The van der Waals surface area contributed by atoms with Gasteiger partial charge < -0.3 is 14.8 Å². The van der Waals surface area contributed by atoms with E-state index in [1.54, 1.807) is 0 Å². The van der Waals surface area contributed by atoms with Crippen LogP contribution in [0.1, 0.15) is 37.1 Å². The number of fused-ring (bicyclic) bond motifs is 1. The molecule has 1 aliphatic rings. The number of anilines is 1. The van der Waals surface area contributed by atoms with Gasteiger partial charge in [0.25, 0.3) is 0 Å². The fourth-order valence-electron chi connectivity index (χ4n) is 3.73. The van der Waals surface area contributed by atoms with E-state index >= 15 is 0 Å².